The van der Waals surface area contributed by atoms with Gasteiger partial charge in [0.2, 0.25) is 0 Å². The van der Waals surface area contributed by atoms with Crippen LogP contribution in [-0.2, 0) is 19.4 Å². The van der Waals surface area contributed by atoms with Crippen molar-refractivity contribution in [3.05, 3.63) is 104 Å². The lowest BCUT2D eigenvalue weighted by molar-refractivity contribution is 0.101. The molecular weight excluding hydrogens is 476 g/mol. The van der Waals surface area contributed by atoms with Gasteiger partial charge in [0.25, 0.3) is 0 Å². The van der Waals surface area contributed by atoms with Crippen molar-refractivity contribution in [2.24, 2.45) is 0 Å². The number of hydrogen-bond donors (Lipinski definition) is 0. The summed E-state index contributed by atoms with van der Waals surface area (Å²) in [5.74, 6) is 1.38. The lowest BCUT2D eigenvalue weighted by atomic mass is 10.0. The number of benzene rings is 3. The molecule has 0 unspecified atom stereocenters. The number of ketones is 1. The number of halogens is 1. The third kappa shape index (κ3) is 4.52. The van der Waals surface area contributed by atoms with E-state index in [1.54, 1.807) is 14.0 Å². The van der Waals surface area contributed by atoms with Gasteiger partial charge in [-0.1, -0.05) is 35.9 Å². The molecule has 0 spiro atoms. The molecule has 182 valence electrons. The summed E-state index contributed by atoms with van der Waals surface area (Å²) in [4.78, 5) is 29.5. The average molecular weight is 501 g/mol. The summed E-state index contributed by atoms with van der Waals surface area (Å²) < 4.78 is 13.0. The lowest BCUT2D eigenvalue weighted by Gasteiger charge is -2.11. The monoisotopic (exact) mass is 500 g/mol. The predicted octanol–water partition coefficient (Wildman–Crippen LogP) is 6.15. The largest absolute Gasteiger partial charge is 0.497 e. The van der Waals surface area contributed by atoms with Gasteiger partial charge in [-0.2, -0.15) is 0 Å². The Labute approximate surface area is 213 Å². The van der Waals surface area contributed by atoms with Crippen molar-refractivity contribution in [1.82, 2.24) is 9.55 Å². The maximum atomic E-state index is 12.5. The molecule has 0 amide bonds. The van der Waals surface area contributed by atoms with Crippen LogP contribution in [0, 0.1) is 6.92 Å². The molecule has 0 saturated heterocycles. The summed E-state index contributed by atoms with van der Waals surface area (Å²) in [5, 5.41) is 1.41. The lowest BCUT2D eigenvalue weighted by Crippen LogP contribution is -2.14. The second-order valence-electron chi connectivity index (χ2n) is 8.87. The number of methoxy groups -OCH3 is 1. The Morgan fingerprint density at radius 2 is 1.86 bits per heavy atom. The third-order valence-corrected chi connectivity index (χ3v) is 6.74. The number of aryl methyl sites for hydroxylation is 3. The molecule has 3 aromatic carbocycles. The van der Waals surface area contributed by atoms with Gasteiger partial charge >= 0.3 is 5.63 Å². The highest BCUT2D eigenvalue weighted by Crippen LogP contribution is 2.28. The molecule has 7 heteroatoms. The normalized spacial score (nSPS) is 11.3. The van der Waals surface area contributed by atoms with Crippen molar-refractivity contribution >= 4 is 39.4 Å². The van der Waals surface area contributed by atoms with Crippen LogP contribution >= 0.6 is 11.6 Å². The minimum atomic E-state index is -0.615. The topological polar surface area (TPSA) is 74.3 Å². The Morgan fingerprint density at radius 1 is 1.08 bits per heavy atom. The van der Waals surface area contributed by atoms with Gasteiger partial charge in [0.05, 0.1) is 18.1 Å². The predicted molar refractivity (Wildman–Crippen MR) is 141 cm³/mol. The zero-order valence-corrected chi connectivity index (χ0v) is 21.1. The van der Waals surface area contributed by atoms with Crippen LogP contribution in [0.2, 0.25) is 5.02 Å². The fourth-order valence-corrected chi connectivity index (χ4v) is 4.88. The molecule has 0 radical (unpaired) electrons. The standard InChI is InChI=1S/C29H25ClN2O4/c1-17-23-15-24-25(16-26(23)36-29(34)28(17)18(2)33)32(12-11-19-5-4-6-21(30)13-19)27(31-24)14-20-7-9-22(35-3)10-8-20/h4-10,13,15-16H,11-12,14H2,1-3H3. The Kier molecular flexibility index (Phi) is 6.37. The first-order chi connectivity index (χ1) is 17.3. The van der Waals surface area contributed by atoms with Crippen LogP contribution in [0.5, 0.6) is 5.75 Å². The first-order valence-electron chi connectivity index (χ1n) is 11.7. The van der Waals surface area contributed by atoms with E-state index in [-0.39, 0.29) is 11.3 Å². The van der Waals surface area contributed by atoms with Crippen molar-refractivity contribution in [2.75, 3.05) is 7.11 Å². The fraction of sp³-hybridized carbons (Fsp3) is 0.207. The van der Waals surface area contributed by atoms with Gasteiger partial charge < -0.3 is 13.7 Å². The van der Waals surface area contributed by atoms with Gasteiger partial charge in [0, 0.05) is 29.4 Å². The minimum absolute atomic E-state index is 0.0840. The number of carbonyl (C=O) groups is 1. The number of nitrogens with zero attached hydrogens (tertiary/aromatic N) is 2. The van der Waals surface area contributed by atoms with E-state index >= 15 is 0 Å². The van der Waals surface area contributed by atoms with E-state index in [4.69, 9.17) is 25.7 Å². The van der Waals surface area contributed by atoms with Gasteiger partial charge in [0.1, 0.15) is 22.7 Å². The van der Waals surface area contributed by atoms with Gasteiger partial charge in [-0.05, 0) is 67.3 Å². The average Bonchev–Trinajstić information content (AvgIpc) is 3.17. The Morgan fingerprint density at radius 3 is 2.56 bits per heavy atom. The molecule has 0 aliphatic heterocycles. The summed E-state index contributed by atoms with van der Waals surface area (Å²) in [5.41, 5.74) is 4.39. The summed E-state index contributed by atoms with van der Waals surface area (Å²) in [6.07, 6.45) is 1.37. The minimum Gasteiger partial charge on any atom is -0.497 e. The van der Waals surface area contributed by atoms with Gasteiger partial charge in [-0.25, -0.2) is 9.78 Å². The molecule has 0 fully saturated rings. The van der Waals surface area contributed by atoms with E-state index in [2.05, 4.69) is 10.6 Å². The Bertz CT molecular complexity index is 1670. The molecule has 6 nitrogen and oxygen atoms in total. The van der Waals surface area contributed by atoms with E-state index in [1.165, 1.54) is 6.92 Å². The van der Waals surface area contributed by atoms with E-state index in [1.807, 2.05) is 54.6 Å². The van der Waals surface area contributed by atoms with Crippen molar-refractivity contribution in [3.8, 4) is 5.75 Å². The van der Waals surface area contributed by atoms with Crippen LogP contribution in [0.1, 0.15) is 39.8 Å². The van der Waals surface area contributed by atoms with E-state index in [9.17, 15) is 9.59 Å². The van der Waals surface area contributed by atoms with Crippen molar-refractivity contribution in [3.63, 3.8) is 0 Å². The molecular formula is C29H25ClN2O4. The van der Waals surface area contributed by atoms with E-state index in [0.29, 0.717) is 34.5 Å². The Hall–Kier alpha value is -3.90. The van der Waals surface area contributed by atoms with Gasteiger partial charge in [-0.15, -0.1) is 0 Å². The number of aromatic nitrogens is 2. The van der Waals surface area contributed by atoms with Crippen LogP contribution in [0.3, 0.4) is 0 Å². The number of imidazole rings is 1. The zero-order valence-electron chi connectivity index (χ0n) is 20.3. The first kappa shape index (κ1) is 23.8. The molecule has 0 aliphatic rings. The quantitative estimate of drug-likeness (QED) is 0.198. The van der Waals surface area contributed by atoms with Crippen molar-refractivity contribution in [2.45, 2.75) is 33.2 Å². The van der Waals surface area contributed by atoms with Crippen molar-refractivity contribution in [1.29, 1.82) is 0 Å². The molecule has 36 heavy (non-hydrogen) atoms. The van der Waals surface area contributed by atoms with Gasteiger partial charge in [-0.3, -0.25) is 4.79 Å². The third-order valence-electron chi connectivity index (χ3n) is 6.50. The highest BCUT2D eigenvalue weighted by Gasteiger charge is 2.19. The fourth-order valence-electron chi connectivity index (χ4n) is 4.67. The molecule has 0 saturated carbocycles. The number of ether oxygens (including phenoxy) is 1. The molecule has 0 N–H and O–H groups in total. The van der Waals surface area contributed by atoms with E-state index < -0.39 is 5.63 Å². The SMILES string of the molecule is COc1ccc(Cc2nc3cc4c(C)c(C(C)=O)c(=O)oc4cc3n2CCc2cccc(Cl)c2)cc1. The Balaban J connectivity index is 1.64. The second-order valence-corrected chi connectivity index (χ2v) is 9.30. The summed E-state index contributed by atoms with van der Waals surface area (Å²) in [6.45, 7) is 3.82. The van der Waals surface area contributed by atoms with E-state index in [0.717, 1.165) is 40.2 Å². The summed E-state index contributed by atoms with van der Waals surface area (Å²) in [6, 6.07) is 19.5. The van der Waals surface area contributed by atoms with Crippen LogP contribution in [0.15, 0.2) is 69.9 Å². The number of rotatable bonds is 7. The highest BCUT2D eigenvalue weighted by atomic mass is 35.5. The summed E-state index contributed by atoms with van der Waals surface area (Å²) in [7, 11) is 1.65. The van der Waals surface area contributed by atoms with Crippen LogP contribution in [-0.4, -0.2) is 22.4 Å². The molecule has 0 aliphatic carbocycles. The number of hydrogen-bond acceptors (Lipinski definition) is 5. The number of carbonyl (C=O) groups excluding carboxylic acids is 1. The molecule has 5 rings (SSSR count). The molecule has 2 heterocycles. The molecule has 2 aromatic heterocycles. The maximum absolute atomic E-state index is 12.5. The zero-order chi connectivity index (χ0) is 25.4. The molecule has 5 aromatic rings. The highest BCUT2D eigenvalue weighted by molar-refractivity contribution is 6.30. The van der Waals surface area contributed by atoms with Crippen LogP contribution < -0.4 is 10.4 Å². The molecule has 0 bridgehead atoms. The summed E-state index contributed by atoms with van der Waals surface area (Å²) >= 11 is 6.20. The maximum Gasteiger partial charge on any atom is 0.347 e. The van der Waals surface area contributed by atoms with Crippen LogP contribution in [0.4, 0.5) is 0 Å². The number of fused-ring (bicyclic) bond motifs is 2. The van der Waals surface area contributed by atoms with Crippen LogP contribution in [0.25, 0.3) is 22.0 Å². The smallest absolute Gasteiger partial charge is 0.347 e. The van der Waals surface area contributed by atoms with Crippen molar-refractivity contribution < 1.29 is 13.9 Å². The number of Topliss-reactive ketones (excluding diaryl/α,β-unsaturated/α-hetero) is 1. The first-order valence-corrected chi connectivity index (χ1v) is 12.1. The second kappa shape index (κ2) is 9.63. The van der Waals surface area contributed by atoms with Gasteiger partial charge in [0.15, 0.2) is 5.78 Å². The molecule has 0 atom stereocenters.